The van der Waals surface area contributed by atoms with E-state index in [9.17, 15) is 4.39 Å². The number of nitrogens with zero attached hydrogens (tertiary/aromatic N) is 1. The third kappa shape index (κ3) is 3.06. The van der Waals surface area contributed by atoms with E-state index in [0.717, 1.165) is 28.3 Å². The number of aromatic nitrogens is 1. The van der Waals surface area contributed by atoms with Gasteiger partial charge < -0.3 is 11.1 Å². The Balaban J connectivity index is 1.90. The van der Waals surface area contributed by atoms with Gasteiger partial charge in [0.2, 0.25) is 0 Å². The van der Waals surface area contributed by atoms with E-state index in [2.05, 4.69) is 10.3 Å². The number of nitrogen functional groups attached to an aromatic ring is 1. The van der Waals surface area contributed by atoms with Crippen LogP contribution in [0, 0.1) is 12.7 Å². The lowest BCUT2D eigenvalue weighted by Crippen LogP contribution is -1.96. The molecule has 0 fully saturated rings. The van der Waals surface area contributed by atoms with E-state index >= 15 is 0 Å². The van der Waals surface area contributed by atoms with E-state index in [1.165, 1.54) is 12.1 Å². The van der Waals surface area contributed by atoms with Crippen LogP contribution in [-0.4, -0.2) is 4.98 Å². The second kappa shape index (κ2) is 5.85. The van der Waals surface area contributed by atoms with Crippen molar-refractivity contribution in [3.63, 3.8) is 0 Å². The van der Waals surface area contributed by atoms with Crippen molar-refractivity contribution in [1.82, 2.24) is 4.98 Å². The van der Waals surface area contributed by atoms with Gasteiger partial charge in [0.15, 0.2) is 0 Å². The number of nitrogens with one attached hydrogen (secondary N) is 1. The van der Waals surface area contributed by atoms with Crippen molar-refractivity contribution >= 4 is 17.2 Å². The van der Waals surface area contributed by atoms with Crippen LogP contribution in [0.3, 0.4) is 0 Å². The van der Waals surface area contributed by atoms with Gasteiger partial charge in [0.25, 0.3) is 0 Å². The largest absolute Gasteiger partial charge is 0.399 e. The summed E-state index contributed by atoms with van der Waals surface area (Å²) in [7, 11) is 0. The van der Waals surface area contributed by atoms with Gasteiger partial charge >= 0.3 is 0 Å². The molecule has 0 aliphatic carbocycles. The highest BCUT2D eigenvalue weighted by Crippen LogP contribution is 2.24. The molecule has 0 radical (unpaired) electrons. The molecule has 1 heterocycles. The van der Waals surface area contributed by atoms with Gasteiger partial charge in [-0.1, -0.05) is 6.07 Å². The van der Waals surface area contributed by atoms with Crippen molar-refractivity contribution in [2.24, 2.45) is 0 Å². The molecule has 4 heteroatoms. The molecule has 0 saturated heterocycles. The molecule has 3 nitrogen and oxygen atoms in total. The summed E-state index contributed by atoms with van der Waals surface area (Å²) >= 11 is 0. The molecule has 0 saturated carbocycles. The lowest BCUT2D eigenvalue weighted by Gasteiger charge is -2.09. The maximum absolute atomic E-state index is 13.2. The summed E-state index contributed by atoms with van der Waals surface area (Å²) in [4.78, 5) is 4.59. The van der Waals surface area contributed by atoms with E-state index in [1.807, 2.05) is 49.4 Å². The highest BCUT2D eigenvalue weighted by molar-refractivity contribution is 5.67. The molecule has 0 atom stereocenters. The zero-order valence-electron chi connectivity index (χ0n) is 12.2. The molecule has 0 bridgehead atoms. The van der Waals surface area contributed by atoms with Crippen molar-refractivity contribution in [3.05, 3.63) is 72.0 Å². The minimum atomic E-state index is -0.239. The van der Waals surface area contributed by atoms with Crippen molar-refractivity contribution in [1.29, 1.82) is 0 Å². The number of anilines is 3. The van der Waals surface area contributed by atoms with Crippen LogP contribution in [0.25, 0.3) is 11.3 Å². The number of halogens is 1. The quantitative estimate of drug-likeness (QED) is 0.698. The van der Waals surface area contributed by atoms with Gasteiger partial charge in [-0.15, -0.1) is 0 Å². The fraction of sp³-hybridized carbons (Fsp3) is 0.0556. The Labute approximate surface area is 128 Å². The Bertz CT molecular complexity index is 798. The fourth-order valence-electron chi connectivity index (χ4n) is 2.28. The van der Waals surface area contributed by atoms with Crippen LogP contribution < -0.4 is 11.1 Å². The van der Waals surface area contributed by atoms with Crippen molar-refractivity contribution in [3.8, 4) is 11.3 Å². The molecule has 2 aromatic carbocycles. The summed E-state index contributed by atoms with van der Waals surface area (Å²) in [6, 6.07) is 17.9. The molecule has 3 rings (SSSR count). The average Bonchev–Trinajstić information content (AvgIpc) is 2.50. The molecule has 0 aliphatic heterocycles. The first kappa shape index (κ1) is 14.1. The van der Waals surface area contributed by atoms with Crippen LogP contribution in [-0.2, 0) is 0 Å². The molecule has 0 unspecified atom stereocenters. The summed E-state index contributed by atoms with van der Waals surface area (Å²) in [5.41, 5.74) is 9.88. The normalized spacial score (nSPS) is 10.5. The monoisotopic (exact) mass is 293 g/mol. The highest BCUT2D eigenvalue weighted by Gasteiger charge is 2.06. The van der Waals surface area contributed by atoms with Crippen LogP contribution in [0.15, 0.2) is 60.7 Å². The third-order valence-electron chi connectivity index (χ3n) is 3.40. The van der Waals surface area contributed by atoms with E-state index in [1.54, 1.807) is 6.07 Å². The molecule has 0 spiro atoms. The average molecular weight is 293 g/mol. The first-order valence-corrected chi connectivity index (χ1v) is 6.98. The first-order valence-electron chi connectivity index (χ1n) is 6.98. The SMILES string of the molecule is Cc1cc(F)ccc1-c1cccc(Nc2ccc(N)cc2)n1. The van der Waals surface area contributed by atoms with Gasteiger partial charge in [-0.2, -0.15) is 0 Å². The number of benzene rings is 2. The Hall–Kier alpha value is -2.88. The minimum absolute atomic E-state index is 0.239. The van der Waals surface area contributed by atoms with Crippen LogP contribution in [0.2, 0.25) is 0 Å². The second-order valence-corrected chi connectivity index (χ2v) is 5.11. The minimum Gasteiger partial charge on any atom is -0.399 e. The molecular formula is C18H16FN3. The standard InChI is InChI=1S/C18H16FN3/c1-12-11-13(19)5-10-16(12)17-3-2-4-18(22-17)21-15-8-6-14(20)7-9-15/h2-11H,20H2,1H3,(H,21,22). The van der Waals surface area contributed by atoms with Crippen LogP contribution >= 0.6 is 0 Å². The summed E-state index contributed by atoms with van der Waals surface area (Å²) in [6.07, 6.45) is 0. The van der Waals surface area contributed by atoms with Crippen LogP contribution in [0.5, 0.6) is 0 Å². The summed E-state index contributed by atoms with van der Waals surface area (Å²) < 4.78 is 13.2. The molecule has 0 aliphatic rings. The molecule has 3 N–H and O–H groups in total. The molecule has 1 aromatic heterocycles. The molecule has 22 heavy (non-hydrogen) atoms. The lowest BCUT2D eigenvalue weighted by atomic mass is 10.1. The van der Waals surface area contributed by atoms with E-state index < -0.39 is 0 Å². The van der Waals surface area contributed by atoms with Gasteiger partial charge in [-0.25, -0.2) is 9.37 Å². The van der Waals surface area contributed by atoms with Crippen LogP contribution in [0.1, 0.15) is 5.56 Å². The van der Waals surface area contributed by atoms with E-state index in [-0.39, 0.29) is 5.82 Å². The van der Waals surface area contributed by atoms with Crippen molar-refractivity contribution in [2.75, 3.05) is 11.1 Å². The van der Waals surface area contributed by atoms with Gasteiger partial charge in [-0.05, 0) is 67.1 Å². The number of hydrogen-bond acceptors (Lipinski definition) is 3. The molecular weight excluding hydrogens is 277 g/mol. The number of rotatable bonds is 3. The van der Waals surface area contributed by atoms with Crippen LogP contribution in [0.4, 0.5) is 21.6 Å². The van der Waals surface area contributed by atoms with Crippen molar-refractivity contribution in [2.45, 2.75) is 6.92 Å². The van der Waals surface area contributed by atoms with Gasteiger partial charge in [0, 0.05) is 16.9 Å². The van der Waals surface area contributed by atoms with Gasteiger partial charge in [0.05, 0.1) is 5.69 Å². The Morgan fingerprint density at radius 2 is 1.77 bits per heavy atom. The van der Waals surface area contributed by atoms with E-state index in [4.69, 9.17) is 5.73 Å². The van der Waals surface area contributed by atoms with Gasteiger partial charge in [-0.3, -0.25) is 0 Å². The number of pyridine rings is 1. The third-order valence-corrected chi connectivity index (χ3v) is 3.40. The second-order valence-electron chi connectivity index (χ2n) is 5.11. The topological polar surface area (TPSA) is 50.9 Å². The summed E-state index contributed by atoms with van der Waals surface area (Å²) in [6.45, 7) is 1.88. The fourth-order valence-corrected chi connectivity index (χ4v) is 2.28. The molecule has 0 amide bonds. The molecule has 110 valence electrons. The highest BCUT2D eigenvalue weighted by atomic mass is 19.1. The number of hydrogen-bond donors (Lipinski definition) is 2. The maximum Gasteiger partial charge on any atom is 0.131 e. The maximum atomic E-state index is 13.2. The molecule has 3 aromatic rings. The number of aryl methyl sites for hydroxylation is 1. The first-order chi connectivity index (χ1) is 10.6. The Kier molecular flexibility index (Phi) is 3.74. The number of nitrogens with two attached hydrogens (primary N) is 1. The van der Waals surface area contributed by atoms with Crippen molar-refractivity contribution < 1.29 is 4.39 Å². The Morgan fingerprint density at radius 3 is 2.50 bits per heavy atom. The zero-order valence-corrected chi connectivity index (χ0v) is 12.2. The summed E-state index contributed by atoms with van der Waals surface area (Å²) in [5, 5.41) is 3.23. The summed E-state index contributed by atoms with van der Waals surface area (Å²) in [5.74, 6) is 0.489. The zero-order chi connectivity index (χ0) is 15.5. The van der Waals surface area contributed by atoms with Gasteiger partial charge in [0.1, 0.15) is 11.6 Å². The predicted octanol–water partition coefficient (Wildman–Crippen LogP) is 4.52. The lowest BCUT2D eigenvalue weighted by molar-refractivity contribution is 0.627. The predicted molar refractivity (Wildman–Crippen MR) is 88.5 cm³/mol. The smallest absolute Gasteiger partial charge is 0.131 e. The van der Waals surface area contributed by atoms with E-state index in [0.29, 0.717) is 5.69 Å². The Morgan fingerprint density at radius 1 is 1.00 bits per heavy atom.